The first-order valence-corrected chi connectivity index (χ1v) is 8.80. The molecule has 1 unspecified atom stereocenters. The van der Waals surface area contributed by atoms with Gasteiger partial charge in [0.15, 0.2) is 0 Å². The number of aryl methyl sites for hydroxylation is 1. The Bertz CT molecular complexity index is 577. The van der Waals surface area contributed by atoms with Gasteiger partial charge < -0.3 is 9.64 Å². The zero-order chi connectivity index (χ0) is 16.3. The molecule has 124 valence electrons. The minimum absolute atomic E-state index is 0.0354. The van der Waals surface area contributed by atoms with E-state index < -0.39 is 0 Å². The van der Waals surface area contributed by atoms with Gasteiger partial charge in [0.1, 0.15) is 0 Å². The molecule has 0 aromatic heterocycles. The summed E-state index contributed by atoms with van der Waals surface area (Å²) in [6, 6.07) is 8.81. The highest BCUT2D eigenvalue weighted by molar-refractivity contribution is 5.87. The molecule has 1 aromatic carbocycles. The average Bonchev–Trinajstić information content (AvgIpc) is 2.58. The van der Waals surface area contributed by atoms with E-state index in [4.69, 9.17) is 4.74 Å². The first-order chi connectivity index (χ1) is 11.2. The van der Waals surface area contributed by atoms with Gasteiger partial charge in [-0.15, -0.1) is 0 Å². The van der Waals surface area contributed by atoms with Crippen LogP contribution in [0.5, 0.6) is 0 Å². The van der Waals surface area contributed by atoms with Gasteiger partial charge in [-0.1, -0.05) is 37.8 Å². The Morgan fingerprint density at radius 1 is 1.43 bits per heavy atom. The standard InChI is InChI=1S/C20H27NO2/c1-3-16-7-5-8-17(13-16)15-21(19(22)4-2)18-9-12-23-20(14-18)10-6-11-20/h4-5,7-8,13,18H,2-3,6,9-12,14-15H2,1H3. The van der Waals surface area contributed by atoms with Crippen LogP contribution in [0.1, 0.15) is 50.2 Å². The Balaban J connectivity index is 1.77. The van der Waals surface area contributed by atoms with Crippen LogP contribution in [-0.4, -0.2) is 29.1 Å². The number of carbonyl (C=O) groups is 1. The first kappa shape index (κ1) is 16.3. The van der Waals surface area contributed by atoms with E-state index in [1.54, 1.807) is 0 Å². The Kier molecular flexibility index (Phi) is 4.86. The lowest BCUT2D eigenvalue weighted by molar-refractivity contribution is -0.157. The largest absolute Gasteiger partial charge is 0.375 e. The van der Waals surface area contributed by atoms with Crippen LogP contribution in [0.4, 0.5) is 0 Å². The van der Waals surface area contributed by atoms with Gasteiger partial charge in [-0.2, -0.15) is 0 Å². The summed E-state index contributed by atoms with van der Waals surface area (Å²) in [5.41, 5.74) is 2.57. The summed E-state index contributed by atoms with van der Waals surface area (Å²) in [7, 11) is 0. The predicted octanol–water partition coefficient (Wildman–Crippen LogP) is 3.87. The highest BCUT2D eigenvalue weighted by atomic mass is 16.5. The lowest BCUT2D eigenvalue weighted by Crippen LogP contribution is -2.53. The van der Waals surface area contributed by atoms with Crippen LogP contribution in [0, 0.1) is 0 Å². The van der Waals surface area contributed by atoms with Gasteiger partial charge in [-0.05, 0) is 55.7 Å². The van der Waals surface area contributed by atoms with Gasteiger partial charge in [-0.3, -0.25) is 4.79 Å². The number of nitrogens with zero attached hydrogens (tertiary/aromatic N) is 1. The Hall–Kier alpha value is -1.61. The molecule has 1 aliphatic carbocycles. The predicted molar refractivity (Wildman–Crippen MR) is 92.1 cm³/mol. The molecule has 1 heterocycles. The van der Waals surface area contributed by atoms with Gasteiger partial charge in [0.25, 0.3) is 0 Å². The van der Waals surface area contributed by atoms with Crippen molar-refractivity contribution in [3.63, 3.8) is 0 Å². The third kappa shape index (κ3) is 3.50. The quantitative estimate of drug-likeness (QED) is 0.772. The van der Waals surface area contributed by atoms with Crippen molar-refractivity contribution in [2.75, 3.05) is 6.61 Å². The zero-order valence-electron chi connectivity index (χ0n) is 14.1. The molecule has 3 nitrogen and oxygen atoms in total. The number of amides is 1. The van der Waals surface area contributed by atoms with Crippen LogP contribution in [0.25, 0.3) is 0 Å². The highest BCUT2D eigenvalue weighted by Gasteiger charge is 2.44. The van der Waals surface area contributed by atoms with Crippen LogP contribution in [0.3, 0.4) is 0 Å². The molecule has 1 saturated heterocycles. The molecule has 1 spiro atoms. The van der Waals surface area contributed by atoms with Crippen LogP contribution in [-0.2, 0) is 22.5 Å². The van der Waals surface area contributed by atoms with E-state index in [0.29, 0.717) is 6.54 Å². The minimum atomic E-state index is 0.0354. The summed E-state index contributed by atoms with van der Waals surface area (Å²) in [4.78, 5) is 14.5. The third-order valence-corrected chi connectivity index (χ3v) is 5.38. The van der Waals surface area contributed by atoms with E-state index >= 15 is 0 Å². The number of hydrogen-bond acceptors (Lipinski definition) is 2. The van der Waals surface area contributed by atoms with Crippen molar-refractivity contribution in [1.29, 1.82) is 0 Å². The topological polar surface area (TPSA) is 29.5 Å². The Labute approximate surface area is 139 Å². The van der Waals surface area contributed by atoms with E-state index in [9.17, 15) is 4.79 Å². The summed E-state index contributed by atoms with van der Waals surface area (Å²) in [6.45, 7) is 7.29. The van der Waals surface area contributed by atoms with E-state index in [1.807, 2.05) is 4.90 Å². The van der Waals surface area contributed by atoms with E-state index in [1.165, 1.54) is 23.6 Å². The van der Waals surface area contributed by atoms with Crippen molar-refractivity contribution in [1.82, 2.24) is 4.90 Å². The summed E-state index contributed by atoms with van der Waals surface area (Å²) < 4.78 is 6.02. The molecule has 23 heavy (non-hydrogen) atoms. The lowest BCUT2D eigenvalue weighted by atomic mass is 9.73. The maximum Gasteiger partial charge on any atom is 0.246 e. The van der Waals surface area contributed by atoms with E-state index in [2.05, 4.69) is 37.8 Å². The van der Waals surface area contributed by atoms with Crippen molar-refractivity contribution in [2.24, 2.45) is 0 Å². The fraction of sp³-hybridized carbons (Fsp3) is 0.550. The van der Waals surface area contributed by atoms with Crippen molar-refractivity contribution in [3.8, 4) is 0 Å². The van der Waals surface area contributed by atoms with E-state index in [-0.39, 0.29) is 17.6 Å². The van der Waals surface area contributed by atoms with Crippen LogP contribution in [0.2, 0.25) is 0 Å². The summed E-state index contributed by atoms with van der Waals surface area (Å²) in [6.07, 6.45) is 7.90. The third-order valence-electron chi connectivity index (χ3n) is 5.38. The van der Waals surface area contributed by atoms with Gasteiger partial charge in [0.2, 0.25) is 5.91 Å². The van der Waals surface area contributed by atoms with Gasteiger partial charge in [0.05, 0.1) is 5.60 Å². The molecule has 2 fully saturated rings. The molecule has 1 atom stereocenters. The van der Waals surface area contributed by atoms with Crippen molar-refractivity contribution in [2.45, 2.75) is 63.6 Å². The average molecular weight is 313 g/mol. The van der Waals surface area contributed by atoms with Gasteiger partial charge >= 0.3 is 0 Å². The molecule has 0 radical (unpaired) electrons. The molecule has 0 bridgehead atoms. The van der Waals surface area contributed by atoms with Crippen LogP contribution in [0.15, 0.2) is 36.9 Å². The highest BCUT2D eigenvalue weighted by Crippen LogP contribution is 2.43. The van der Waals surface area contributed by atoms with Crippen molar-refractivity contribution >= 4 is 5.91 Å². The van der Waals surface area contributed by atoms with Crippen molar-refractivity contribution < 1.29 is 9.53 Å². The molecule has 3 rings (SSSR count). The molecule has 3 heteroatoms. The first-order valence-electron chi connectivity index (χ1n) is 8.80. The maximum atomic E-state index is 12.5. The smallest absolute Gasteiger partial charge is 0.246 e. The SMILES string of the molecule is C=CC(=O)N(Cc1cccc(CC)c1)C1CCOC2(CCC2)C1. The fourth-order valence-corrected chi connectivity index (χ4v) is 3.84. The molecular formula is C20H27NO2. The zero-order valence-corrected chi connectivity index (χ0v) is 14.1. The summed E-state index contributed by atoms with van der Waals surface area (Å²) in [5.74, 6) is 0.0354. The number of hydrogen-bond donors (Lipinski definition) is 0. The van der Waals surface area contributed by atoms with Gasteiger partial charge in [0, 0.05) is 19.2 Å². The Morgan fingerprint density at radius 2 is 2.22 bits per heavy atom. The normalized spacial score (nSPS) is 22.4. The molecule has 0 N–H and O–H groups in total. The van der Waals surface area contributed by atoms with Crippen LogP contribution >= 0.6 is 0 Å². The monoisotopic (exact) mass is 313 g/mol. The summed E-state index contributed by atoms with van der Waals surface area (Å²) >= 11 is 0. The van der Waals surface area contributed by atoms with Gasteiger partial charge in [-0.25, -0.2) is 0 Å². The number of rotatable bonds is 5. The molecule has 1 saturated carbocycles. The lowest BCUT2D eigenvalue weighted by Gasteiger charge is -2.49. The maximum absolute atomic E-state index is 12.5. The fourth-order valence-electron chi connectivity index (χ4n) is 3.84. The van der Waals surface area contributed by atoms with Crippen molar-refractivity contribution in [3.05, 3.63) is 48.0 Å². The second-order valence-corrected chi connectivity index (χ2v) is 6.88. The Morgan fingerprint density at radius 3 is 2.87 bits per heavy atom. The molecule has 1 amide bonds. The summed E-state index contributed by atoms with van der Waals surface area (Å²) in [5, 5.41) is 0. The minimum Gasteiger partial charge on any atom is -0.375 e. The van der Waals surface area contributed by atoms with Crippen LogP contribution < -0.4 is 0 Å². The van der Waals surface area contributed by atoms with E-state index in [0.717, 1.165) is 38.7 Å². The second-order valence-electron chi connectivity index (χ2n) is 6.88. The molecular weight excluding hydrogens is 286 g/mol. The molecule has 1 aromatic rings. The second kappa shape index (κ2) is 6.88. The number of carbonyl (C=O) groups excluding carboxylic acids is 1. The number of ether oxygens (including phenoxy) is 1. The molecule has 2 aliphatic rings. The number of benzene rings is 1. The molecule has 1 aliphatic heterocycles.